The van der Waals surface area contributed by atoms with Crippen molar-refractivity contribution in [3.05, 3.63) is 23.3 Å². The van der Waals surface area contributed by atoms with E-state index in [1.54, 1.807) is 0 Å². The van der Waals surface area contributed by atoms with Gasteiger partial charge in [0, 0.05) is 0 Å². The highest BCUT2D eigenvalue weighted by Crippen LogP contribution is 2.03. The number of allylic oxidation sites excluding steroid dienone is 4. The van der Waals surface area contributed by atoms with Gasteiger partial charge >= 0.3 is 0 Å². The van der Waals surface area contributed by atoms with Crippen LogP contribution in [0.15, 0.2) is 23.3 Å². The van der Waals surface area contributed by atoms with Crippen LogP contribution in [0.25, 0.3) is 0 Å². The molecule has 16 heavy (non-hydrogen) atoms. The molecule has 96 valence electrons. The Kier molecular flexibility index (Phi) is 12.3. The third-order valence-corrected chi connectivity index (χ3v) is 2.00. The van der Waals surface area contributed by atoms with Gasteiger partial charge in [-0.3, -0.25) is 0 Å². The van der Waals surface area contributed by atoms with Crippen LogP contribution in [0.2, 0.25) is 0 Å². The molecule has 0 aliphatic heterocycles. The summed E-state index contributed by atoms with van der Waals surface area (Å²) in [6.07, 6.45) is 7.01. The average Bonchev–Trinajstić information content (AvgIpc) is 2.12. The Morgan fingerprint density at radius 3 is 1.00 bits per heavy atom. The highest BCUT2D eigenvalue weighted by molar-refractivity contribution is 4.93. The fourth-order valence-electron chi connectivity index (χ4n) is 0.943. The minimum atomic E-state index is 0.810. The van der Waals surface area contributed by atoms with Crippen molar-refractivity contribution in [3.8, 4) is 0 Å². The summed E-state index contributed by atoms with van der Waals surface area (Å²) >= 11 is 0. The molecule has 0 aromatic rings. The SMILES string of the molecule is CC(C)=CCC(C)C.CC(C)=CCC(C)C. The maximum Gasteiger partial charge on any atom is -0.0325 e. The number of hydrogen-bond donors (Lipinski definition) is 0. The zero-order valence-electron chi connectivity index (χ0n) is 12.7. The molecule has 0 fully saturated rings. The van der Waals surface area contributed by atoms with Crippen LogP contribution >= 0.6 is 0 Å². The lowest BCUT2D eigenvalue weighted by molar-refractivity contribution is 0.661. The van der Waals surface area contributed by atoms with Crippen LogP contribution in [0.5, 0.6) is 0 Å². The van der Waals surface area contributed by atoms with E-state index >= 15 is 0 Å². The molecule has 0 saturated heterocycles. The summed E-state index contributed by atoms with van der Waals surface area (Å²) in [7, 11) is 0. The molecule has 0 aliphatic carbocycles. The van der Waals surface area contributed by atoms with Gasteiger partial charge in [-0.05, 0) is 52.4 Å². The Bertz CT molecular complexity index is 172. The maximum atomic E-state index is 2.28. The first kappa shape index (κ1) is 17.9. The summed E-state index contributed by atoms with van der Waals surface area (Å²) in [5.74, 6) is 1.62. The third kappa shape index (κ3) is 23.4. The minimum Gasteiger partial charge on any atom is -0.0856 e. The molecule has 0 aromatic carbocycles. The molecule has 0 radical (unpaired) electrons. The Balaban J connectivity index is 0. The molecular weight excluding hydrogens is 192 g/mol. The summed E-state index contributed by atoms with van der Waals surface area (Å²) in [5.41, 5.74) is 2.86. The molecule has 0 spiro atoms. The van der Waals surface area contributed by atoms with Gasteiger partial charge in [0.2, 0.25) is 0 Å². The molecule has 0 amide bonds. The number of hydrogen-bond acceptors (Lipinski definition) is 0. The number of rotatable bonds is 4. The van der Waals surface area contributed by atoms with Gasteiger partial charge in [-0.2, -0.15) is 0 Å². The van der Waals surface area contributed by atoms with E-state index in [9.17, 15) is 0 Å². The van der Waals surface area contributed by atoms with Gasteiger partial charge in [-0.25, -0.2) is 0 Å². The second-order valence-electron chi connectivity index (χ2n) is 5.82. The quantitative estimate of drug-likeness (QED) is 0.514. The Hall–Kier alpha value is -0.520. The maximum absolute atomic E-state index is 2.28. The van der Waals surface area contributed by atoms with Crippen LogP contribution in [-0.2, 0) is 0 Å². The predicted octanol–water partition coefficient (Wildman–Crippen LogP) is 6.00. The Morgan fingerprint density at radius 2 is 0.938 bits per heavy atom. The van der Waals surface area contributed by atoms with Crippen molar-refractivity contribution in [1.82, 2.24) is 0 Å². The van der Waals surface area contributed by atoms with E-state index < -0.39 is 0 Å². The van der Waals surface area contributed by atoms with Gasteiger partial charge in [-0.1, -0.05) is 51.0 Å². The molecule has 0 N–H and O–H groups in total. The van der Waals surface area contributed by atoms with E-state index in [-0.39, 0.29) is 0 Å². The van der Waals surface area contributed by atoms with Crippen LogP contribution in [0.3, 0.4) is 0 Å². The van der Waals surface area contributed by atoms with Crippen molar-refractivity contribution in [2.45, 2.75) is 68.2 Å². The van der Waals surface area contributed by atoms with E-state index in [4.69, 9.17) is 0 Å². The second-order valence-corrected chi connectivity index (χ2v) is 5.82. The molecular formula is C16H32. The van der Waals surface area contributed by atoms with Crippen LogP contribution in [0.1, 0.15) is 68.2 Å². The van der Waals surface area contributed by atoms with Gasteiger partial charge in [0.1, 0.15) is 0 Å². The summed E-state index contributed by atoms with van der Waals surface area (Å²) in [6.45, 7) is 17.5. The predicted molar refractivity (Wildman–Crippen MR) is 77.8 cm³/mol. The Morgan fingerprint density at radius 1 is 0.688 bits per heavy atom. The fraction of sp³-hybridized carbons (Fsp3) is 0.750. The third-order valence-electron chi connectivity index (χ3n) is 2.00. The first-order valence-corrected chi connectivity index (χ1v) is 6.52. The van der Waals surface area contributed by atoms with Gasteiger partial charge in [0.05, 0.1) is 0 Å². The summed E-state index contributed by atoms with van der Waals surface area (Å²) in [5, 5.41) is 0. The van der Waals surface area contributed by atoms with Crippen molar-refractivity contribution in [3.63, 3.8) is 0 Å². The standard InChI is InChI=1S/2C8H16/c2*1-7(2)5-6-8(3)4/h2*5,8H,6H2,1-4H3. The summed E-state index contributed by atoms with van der Waals surface area (Å²) < 4.78 is 0. The Labute approximate surface area is 104 Å². The van der Waals surface area contributed by atoms with Crippen molar-refractivity contribution in [2.75, 3.05) is 0 Å². The van der Waals surface area contributed by atoms with Gasteiger partial charge in [0.25, 0.3) is 0 Å². The zero-order valence-corrected chi connectivity index (χ0v) is 12.7. The van der Waals surface area contributed by atoms with Crippen molar-refractivity contribution in [2.24, 2.45) is 11.8 Å². The lowest BCUT2D eigenvalue weighted by atomic mass is 10.1. The second kappa shape index (κ2) is 11.0. The smallest absolute Gasteiger partial charge is 0.0325 e. The molecule has 0 heteroatoms. The van der Waals surface area contributed by atoms with Crippen LogP contribution in [0, 0.1) is 11.8 Å². The van der Waals surface area contributed by atoms with E-state index in [0.717, 1.165) is 11.8 Å². The highest BCUT2D eigenvalue weighted by Gasteiger charge is 1.87. The zero-order chi connectivity index (χ0) is 13.1. The van der Waals surface area contributed by atoms with Gasteiger partial charge in [0.15, 0.2) is 0 Å². The first-order valence-electron chi connectivity index (χ1n) is 6.52. The minimum absolute atomic E-state index is 0.810. The van der Waals surface area contributed by atoms with Crippen LogP contribution in [0.4, 0.5) is 0 Å². The van der Waals surface area contributed by atoms with Crippen molar-refractivity contribution < 1.29 is 0 Å². The topological polar surface area (TPSA) is 0 Å². The molecule has 0 unspecified atom stereocenters. The molecule has 0 saturated carbocycles. The summed E-state index contributed by atoms with van der Waals surface area (Å²) in [4.78, 5) is 0. The fourth-order valence-corrected chi connectivity index (χ4v) is 0.943. The molecule has 0 heterocycles. The van der Waals surface area contributed by atoms with E-state index in [1.807, 2.05) is 0 Å². The largest absolute Gasteiger partial charge is 0.0856 e. The summed E-state index contributed by atoms with van der Waals surface area (Å²) in [6, 6.07) is 0. The molecule has 0 atom stereocenters. The van der Waals surface area contributed by atoms with E-state index in [2.05, 4.69) is 67.5 Å². The first-order chi connectivity index (χ1) is 7.25. The average molecular weight is 224 g/mol. The van der Waals surface area contributed by atoms with Crippen LogP contribution in [-0.4, -0.2) is 0 Å². The van der Waals surface area contributed by atoms with Crippen molar-refractivity contribution >= 4 is 0 Å². The normalized spacial score (nSPS) is 9.62. The molecule has 0 bridgehead atoms. The monoisotopic (exact) mass is 224 g/mol. The van der Waals surface area contributed by atoms with Gasteiger partial charge < -0.3 is 0 Å². The lowest BCUT2D eigenvalue weighted by Gasteiger charge is -1.96. The highest BCUT2D eigenvalue weighted by atomic mass is 13.9. The van der Waals surface area contributed by atoms with E-state index in [0.29, 0.717) is 0 Å². The molecule has 0 aliphatic rings. The molecule has 0 aromatic heterocycles. The molecule has 0 nitrogen and oxygen atoms in total. The van der Waals surface area contributed by atoms with Crippen LogP contribution < -0.4 is 0 Å². The lowest BCUT2D eigenvalue weighted by Crippen LogP contribution is -1.81. The molecule has 0 rings (SSSR count). The van der Waals surface area contributed by atoms with E-state index in [1.165, 1.54) is 24.0 Å². The van der Waals surface area contributed by atoms with Crippen molar-refractivity contribution in [1.29, 1.82) is 0 Å². The van der Waals surface area contributed by atoms with Gasteiger partial charge in [-0.15, -0.1) is 0 Å².